The molecule has 0 amide bonds. The number of rotatable bonds is 7. The van der Waals surface area contributed by atoms with Gasteiger partial charge in [0.25, 0.3) is 0 Å². The topological polar surface area (TPSA) is 88.4 Å². The molecule has 5 atom stereocenters. The Bertz CT molecular complexity index is 650. The molecule has 2 aromatic rings. The van der Waals surface area contributed by atoms with Gasteiger partial charge in [0.15, 0.2) is 6.29 Å². The van der Waals surface area contributed by atoms with Crippen LogP contribution in [0.4, 0.5) is 0 Å². The monoisotopic (exact) mass is 360 g/mol. The Morgan fingerprint density at radius 3 is 1.77 bits per heavy atom. The molecule has 0 spiro atoms. The maximum Gasteiger partial charge on any atom is 0.184 e. The van der Waals surface area contributed by atoms with Crippen molar-refractivity contribution in [2.75, 3.05) is 6.61 Å². The van der Waals surface area contributed by atoms with E-state index in [2.05, 4.69) is 0 Å². The van der Waals surface area contributed by atoms with E-state index in [-0.39, 0.29) is 19.8 Å². The van der Waals surface area contributed by atoms with Crippen molar-refractivity contribution in [3.63, 3.8) is 0 Å². The van der Waals surface area contributed by atoms with Gasteiger partial charge in [-0.3, -0.25) is 0 Å². The lowest BCUT2D eigenvalue weighted by atomic mass is 9.98. The number of aliphatic hydroxyl groups is 3. The van der Waals surface area contributed by atoms with Crippen molar-refractivity contribution in [1.29, 1.82) is 0 Å². The predicted molar refractivity (Wildman–Crippen MR) is 94.0 cm³/mol. The molecule has 1 heterocycles. The summed E-state index contributed by atoms with van der Waals surface area (Å²) in [6.07, 6.45) is -5.10. The second-order valence-electron chi connectivity index (χ2n) is 6.26. The van der Waals surface area contributed by atoms with Crippen LogP contribution in [0, 0.1) is 0 Å². The molecule has 0 saturated carbocycles. The molecular weight excluding hydrogens is 336 g/mol. The van der Waals surface area contributed by atoms with E-state index in [1.807, 2.05) is 60.7 Å². The zero-order valence-corrected chi connectivity index (χ0v) is 14.3. The van der Waals surface area contributed by atoms with Crippen LogP contribution in [-0.4, -0.2) is 52.6 Å². The van der Waals surface area contributed by atoms with E-state index in [9.17, 15) is 15.3 Å². The number of hydrogen-bond acceptors (Lipinski definition) is 6. The molecule has 1 aliphatic heterocycles. The van der Waals surface area contributed by atoms with Gasteiger partial charge in [-0.2, -0.15) is 0 Å². The highest BCUT2D eigenvalue weighted by Crippen LogP contribution is 2.26. The highest BCUT2D eigenvalue weighted by molar-refractivity contribution is 5.14. The van der Waals surface area contributed by atoms with E-state index in [1.165, 1.54) is 0 Å². The van der Waals surface area contributed by atoms with Crippen LogP contribution in [0.15, 0.2) is 60.7 Å². The van der Waals surface area contributed by atoms with Crippen molar-refractivity contribution in [2.24, 2.45) is 0 Å². The fourth-order valence-corrected chi connectivity index (χ4v) is 2.98. The van der Waals surface area contributed by atoms with Crippen LogP contribution in [0.1, 0.15) is 11.1 Å². The predicted octanol–water partition coefficient (Wildman–Crippen LogP) is 1.23. The molecule has 26 heavy (non-hydrogen) atoms. The maximum absolute atomic E-state index is 10.7. The fourth-order valence-electron chi connectivity index (χ4n) is 2.98. The first-order valence-electron chi connectivity index (χ1n) is 8.62. The minimum absolute atomic E-state index is 0.220. The molecule has 0 aliphatic carbocycles. The molecule has 3 N–H and O–H groups in total. The summed E-state index contributed by atoms with van der Waals surface area (Å²) in [5.74, 6) is 0. The van der Waals surface area contributed by atoms with Crippen molar-refractivity contribution in [3.8, 4) is 0 Å². The second-order valence-corrected chi connectivity index (χ2v) is 6.26. The van der Waals surface area contributed by atoms with Crippen LogP contribution in [-0.2, 0) is 27.4 Å². The summed E-state index contributed by atoms with van der Waals surface area (Å²) in [5, 5.41) is 30.3. The molecule has 1 unspecified atom stereocenters. The van der Waals surface area contributed by atoms with Crippen molar-refractivity contribution < 1.29 is 29.5 Å². The summed E-state index contributed by atoms with van der Waals surface area (Å²) in [4.78, 5) is 0. The van der Waals surface area contributed by atoms with E-state index >= 15 is 0 Å². The van der Waals surface area contributed by atoms with E-state index in [0.29, 0.717) is 0 Å². The van der Waals surface area contributed by atoms with Crippen molar-refractivity contribution >= 4 is 0 Å². The Kier molecular flexibility index (Phi) is 6.73. The normalized spacial score (nSPS) is 28.8. The Balaban J connectivity index is 1.64. The zero-order chi connectivity index (χ0) is 18.4. The molecule has 6 nitrogen and oxygen atoms in total. The van der Waals surface area contributed by atoms with Crippen molar-refractivity contribution in [2.45, 2.75) is 43.9 Å². The second kappa shape index (κ2) is 9.23. The number of hydrogen-bond donors (Lipinski definition) is 3. The summed E-state index contributed by atoms with van der Waals surface area (Å²) in [7, 11) is 0. The van der Waals surface area contributed by atoms with Crippen LogP contribution in [0.2, 0.25) is 0 Å². The summed E-state index contributed by atoms with van der Waals surface area (Å²) in [6.45, 7) is 0.0983. The van der Waals surface area contributed by atoms with Gasteiger partial charge in [-0.05, 0) is 11.1 Å². The lowest BCUT2D eigenvalue weighted by Gasteiger charge is -2.41. The minimum atomic E-state index is -1.34. The van der Waals surface area contributed by atoms with Gasteiger partial charge in [-0.15, -0.1) is 0 Å². The molecule has 0 bridgehead atoms. The summed E-state index contributed by atoms with van der Waals surface area (Å²) >= 11 is 0. The van der Waals surface area contributed by atoms with Gasteiger partial charge < -0.3 is 29.5 Å². The van der Waals surface area contributed by atoms with Gasteiger partial charge in [0.2, 0.25) is 0 Å². The highest BCUT2D eigenvalue weighted by Gasteiger charge is 2.45. The first-order chi connectivity index (χ1) is 12.7. The first kappa shape index (κ1) is 19.0. The van der Waals surface area contributed by atoms with Gasteiger partial charge in [0.1, 0.15) is 24.4 Å². The third kappa shape index (κ3) is 4.67. The summed E-state index contributed by atoms with van der Waals surface area (Å²) in [6, 6.07) is 19.0. The van der Waals surface area contributed by atoms with Crippen LogP contribution in [0.5, 0.6) is 0 Å². The zero-order valence-electron chi connectivity index (χ0n) is 14.3. The molecular formula is C20H24O6. The van der Waals surface area contributed by atoms with Crippen LogP contribution < -0.4 is 0 Å². The smallest absolute Gasteiger partial charge is 0.184 e. The van der Waals surface area contributed by atoms with Crippen molar-refractivity contribution in [1.82, 2.24) is 0 Å². The fraction of sp³-hybridized carbons (Fsp3) is 0.400. The lowest BCUT2D eigenvalue weighted by molar-refractivity contribution is -0.306. The van der Waals surface area contributed by atoms with E-state index in [4.69, 9.17) is 14.2 Å². The van der Waals surface area contributed by atoms with E-state index in [1.54, 1.807) is 0 Å². The van der Waals surface area contributed by atoms with E-state index < -0.39 is 30.7 Å². The highest BCUT2D eigenvalue weighted by atomic mass is 16.7. The molecule has 6 heteroatoms. The molecule has 1 aliphatic rings. The van der Waals surface area contributed by atoms with Crippen LogP contribution in [0.3, 0.4) is 0 Å². The van der Waals surface area contributed by atoms with Crippen molar-refractivity contribution in [3.05, 3.63) is 71.8 Å². The largest absolute Gasteiger partial charge is 0.394 e. The molecule has 0 aromatic heterocycles. The summed E-state index contributed by atoms with van der Waals surface area (Å²) < 4.78 is 16.9. The quantitative estimate of drug-likeness (QED) is 0.688. The Hall–Kier alpha value is -1.80. The standard InChI is InChI=1S/C20H24O6/c21-11-16-18(24-12-14-7-3-1-4-8-14)17(22)19(20(23)26-16)25-13-15-9-5-2-6-10-15/h1-10,16-23H,11-13H2/t16-,17+,18-,19-,20?/m1/s1. The SMILES string of the molecule is OC[C@H]1OC(O)[C@H](OCc2ccccc2)[C@@H](O)[C@@H]1OCc1ccccc1. The van der Waals surface area contributed by atoms with Gasteiger partial charge in [-0.1, -0.05) is 60.7 Å². The minimum Gasteiger partial charge on any atom is -0.394 e. The molecule has 1 fully saturated rings. The molecule has 0 radical (unpaired) electrons. The Morgan fingerprint density at radius 2 is 1.27 bits per heavy atom. The van der Waals surface area contributed by atoms with Gasteiger partial charge in [-0.25, -0.2) is 0 Å². The Morgan fingerprint density at radius 1 is 0.769 bits per heavy atom. The third-order valence-corrected chi connectivity index (χ3v) is 4.39. The molecule has 3 rings (SSSR count). The van der Waals surface area contributed by atoms with Crippen LogP contribution in [0.25, 0.3) is 0 Å². The van der Waals surface area contributed by atoms with Gasteiger partial charge in [0, 0.05) is 0 Å². The lowest BCUT2D eigenvalue weighted by Crippen LogP contribution is -2.60. The van der Waals surface area contributed by atoms with Gasteiger partial charge >= 0.3 is 0 Å². The average molecular weight is 360 g/mol. The maximum atomic E-state index is 10.7. The van der Waals surface area contributed by atoms with E-state index in [0.717, 1.165) is 11.1 Å². The summed E-state index contributed by atoms with van der Waals surface area (Å²) in [5.41, 5.74) is 1.85. The number of aliphatic hydroxyl groups excluding tert-OH is 3. The average Bonchev–Trinajstić information content (AvgIpc) is 2.68. The Labute approximate surface area is 152 Å². The molecule has 1 saturated heterocycles. The molecule has 140 valence electrons. The number of ether oxygens (including phenoxy) is 3. The molecule has 2 aromatic carbocycles. The third-order valence-electron chi connectivity index (χ3n) is 4.39. The first-order valence-corrected chi connectivity index (χ1v) is 8.62. The van der Waals surface area contributed by atoms with Gasteiger partial charge in [0.05, 0.1) is 19.8 Å². The number of benzene rings is 2. The van der Waals surface area contributed by atoms with Crippen LogP contribution >= 0.6 is 0 Å².